The Kier molecular flexibility index (Phi) is 4.58. The van der Waals surface area contributed by atoms with Crippen LogP contribution in [0.3, 0.4) is 0 Å². The van der Waals surface area contributed by atoms with Gasteiger partial charge in [0.05, 0.1) is 11.5 Å². The van der Waals surface area contributed by atoms with Crippen molar-refractivity contribution in [3.8, 4) is 0 Å². The van der Waals surface area contributed by atoms with Gasteiger partial charge in [-0.1, -0.05) is 0 Å². The Labute approximate surface area is 85.9 Å². The zero-order chi connectivity index (χ0) is 12.3. The average molecular weight is 228 g/mol. The van der Waals surface area contributed by atoms with E-state index in [9.17, 15) is 23.1 Å². The van der Waals surface area contributed by atoms with Gasteiger partial charge in [0.1, 0.15) is 0 Å². The molecule has 0 heterocycles. The van der Waals surface area contributed by atoms with Gasteiger partial charge < -0.3 is 10.2 Å². The van der Waals surface area contributed by atoms with E-state index in [1.807, 2.05) is 0 Å². The van der Waals surface area contributed by atoms with Crippen LogP contribution in [0.2, 0.25) is 0 Å². The maximum atomic E-state index is 11.8. The van der Waals surface area contributed by atoms with Crippen LogP contribution in [0.25, 0.3) is 0 Å². The summed E-state index contributed by atoms with van der Waals surface area (Å²) >= 11 is 0. The largest absolute Gasteiger partial charge is 0.481 e. The molecule has 0 spiro atoms. The van der Waals surface area contributed by atoms with E-state index < -0.39 is 30.1 Å². The molecular weight excluding hydrogens is 213 g/mol. The molecule has 0 aromatic carbocycles. The minimum Gasteiger partial charge on any atom is -0.481 e. The molecule has 2 atom stereocenters. The highest BCUT2D eigenvalue weighted by Crippen LogP contribution is 2.28. The fourth-order valence-corrected chi connectivity index (χ4v) is 1.13. The van der Waals surface area contributed by atoms with Crippen molar-refractivity contribution in [2.24, 2.45) is 5.92 Å². The SMILES string of the molecule is CC(C(=O)O)C(C)(O)CCCC(F)(F)F. The lowest BCUT2D eigenvalue weighted by Gasteiger charge is -2.27. The summed E-state index contributed by atoms with van der Waals surface area (Å²) in [6.07, 6.45) is -5.72. The van der Waals surface area contributed by atoms with Crippen LogP contribution in [0.4, 0.5) is 13.2 Å². The van der Waals surface area contributed by atoms with E-state index in [4.69, 9.17) is 5.11 Å². The van der Waals surface area contributed by atoms with Gasteiger partial charge in [0.25, 0.3) is 0 Å². The third-order valence-electron chi connectivity index (χ3n) is 2.45. The molecule has 6 heteroatoms. The van der Waals surface area contributed by atoms with Crippen molar-refractivity contribution in [1.82, 2.24) is 0 Å². The second kappa shape index (κ2) is 4.83. The van der Waals surface area contributed by atoms with Gasteiger partial charge in [0.15, 0.2) is 0 Å². The van der Waals surface area contributed by atoms with E-state index >= 15 is 0 Å². The number of alkyl halides is 3. The Hall–Kier alpha value is -0.780. The third-order valence-corrected chi connectivity index (χ3v) is 2.45. The van der Waals surface area contributed by atoms with Crippen molar-refractivity contribution in [2.75, 3.05) is 0 Å². The van der Waals surface area contributed by atoms with Gasteiger partial charge in [0.2, 0.25) is 0 Å². The summed E-state index contributed by atoms with van der Waals surface area (Å²) in [7, 11) is 0. The van der Waals surface area contributed by atoms with Gasteiger partial charge in [0, 0.05) is 6.42 Å². The zero-order valence-electron chi connectivity index (χ0n) is 8.64. The molecule has 0 aromatic heterocycles. The minimum atomic E-state index is -4.26. The van der Waals surface area contributed by atoms with Crippen LogP contribution >= 0.6 is 0 Å². The fourth-order valence-electron chi connectivity index (χ4n) is 1.13. The number of aliphatic carboxylic acids is 1. The predicted molar refractivity (Wildman–Crippen MR) is 47.3 cm³/mol. The van der Waals surface area contributed by atoms with Crippen molar-refractivity contribution >= 4 is 5.97 Å². The van der Waals surface area contributed by atoms with E-state index in [0.29, 0.717) is 0 Å². The molecule has 0 saturated heterocycles. The summed E-state index contributed by atoms with van der Waals surface area (Å²) in [6, 6.07) is 0. The van der Waals surface area contributed by atoms with E-state index in [0.717, 1.165) is 0 Å². The van der Waals surface area contributed by atoms with Gasteiger partial charge in [-0.05, 0) is 26.7 Å². The Balaban J connectivity index is 4.10. The summed E-state index contributed by atoms with van der Waals surface area (Å²) in [5, 5.41) is 18.2. The van der Waals surface area contributed by atoms with Crippen molar-refractivity contribution in [1.29, 1.82) is 0 Å². The number of halogens is 3. The Morgan fingerprint density at radius 1 is 1.33 bits per heavy atom. The Bertz CT molecular complexity index is 223. The van der Waals surface area contributed by atoms with Crippen LogP contribution in [0, 0.1) is 5.92 Å². The molecule has 0 aromatic rings. The lowest BCUT2D eigenvalue weighted by atomic mass is 9.86. The van der Waals surface area contributed by atoms with Crippen LogP contribution in [-0.4, -0.2) is 28.0 Å². The average Bonchev–Trinajstić information content (AvgIpc) is 1.99. The second-order valence-corrected chi connectivity index (χ2v) is 3.89. The number of carbonyl (C=O) groups is 1. The number of carboxylic acids is 1. The minimum absolute atomic E-state index is 0.181. The molecule has 2 N–H and O–H groups in total. The van der Waals surface area contributed by atoms with Crippen LogP contribution in [0.15, 0.2) is 0 Å². The summed E-state index contributed by atoms with van der Waals surface area (Å²) < 4.78 is 35.4. The first-order valence-corrected chi connectivity index (χ1v) is 4.58. The highest BCUT2D eigenvalue weighted by Gasteiger charge is 2.35. The fraction of sp³-hybridized carbons (Fsp3) is 0.889. The van der Waals surface area contributed by atoms with E-state index in [1.165, 1.54) is 13.8 Å². The summed E-state index contributed by atoms with van der Waals surface area (Å²) in [5.41, 5.74) is -1.60. The van der Waals surface area contributed by atoms with E-state index in [1.54, 1.807) is 0 Å². The molecule has 90 valence electrons. The summed E-state index contributed by atoms with van der Waals surface area (Å²) in [5.74, 6) is -2.29. The van der Waals surface area contributed by atoms with Crippen LogP contribution in [-0.2, 0) is 4.79 Å². The number of rotatable bonds is 5. The first kappa shape index (κ1) is 14.2. The summed E-state index contributed by atoms with van der Waals surface area (Å²) in [4.78, 5) is 10.5. The van der Waals surface area contributed by atoms with Gasteiger partial charge in [-0.15, -0.1) is 0 Å². The molecule has 15 heavy (non-hydrogen) atoms. The van der Waals surface area contributed by atoms with Gasteiger partial charge in [-0.2, -0.15) is 13.2 Å². The maximum Gasteiger partial charge on any atom is 0.389 e. The molecule has 2 unspecified atom stereocenters. The van der Waals surface area contributed by atoms with Gasteiger partial charge in [-0.3, -0.25) is 4.79 Å². The van der Waals surface area contributed by atoms with Crippen LogP contribution in [0.5, 0.6) is 0 Å². The van der Waals surface area contributed by atoms with Crippen LogP contribution < -0.4 is 0 Å². The Morgan fingerprint density at radius 3 is 2.13 bits per heavy atom. The number of hydrogen-bond acceptors (Lipinski definition) is 2. The smallest absolute Gasteiger partial charge is 0.389 e. The molecule has 0 rings (SSSR count). The molecule has 0 saturated carbocycles. The highest BCUT2D eigenvalue weighted by molar-refractivity contribution is 5.70. The first-order chi connectivity index (χ1) is 6.56. The van der Waals surface area contributed by atoms with Gasteiger partial charge in [-0.25, -0.2) is 0 Å². The quantitative estimate of drug-likeness (QED) is 0.758. The molecule has 3 nitrogen and oxygen atoms in total. The van der Waals surface area contributed by atoms with Gasteiger partial charge >= 0.3 is 12.1 Å². The highest BCUT2D eigenvalue weighted by atomic mass is 19.4. The first-order valence-electron chi connectivity index (χ1n) is 4.58. The molecule has 0 radical (unpaired) electrons. The molecule has 0 bridgehead atoms. The van der Waals surface area contributed by atoms with E-state index in [-0.39, 0.29) is 12.8 Å². The van der Waals surface area contributed by atoms with Crippen molar-refractivity contribution in [2.45, 2.75) is 44.9 Å². The molecule has 0 aliphatic carbocycles. The zero-order valence-corrected chi connectivity index (χ0v) is 8.64. The molecular formula is C9H15F3O3. The number of carboxylic acid groups (broad SMARTS) is 1. The molecule has 0 aliphatic heterocycles. The molecule has 0 fully saturated rings. The number of hydrogen-bond donors (Lipinski definition) is 2. The van der Waals surface area contributed by atoms with Crippen LogP contribution in [0.1, 0.15) is 33.1 Å². The maximum absolute atomic E-state index is 11.8. The molecule has 0 aliphatic rings. The lowest BCUT2D eigenvalue weighted by Crippen LogP contribution is -2.37. The van der Waals surface area contributed by atoms with Crippen molar-refractivity contribution in [3.63, 3.8) is 0 Å². The lowest BCUT2D eigenvalue weighted by molar-refractivity contribution is -0.152. The monoisotopic (exact) mass is 228 g/mol. The van der Waals surface area contributed by atoms with Crippen molar-refractivity contribution in [3.05, 3.63) is 0 Å². The Morgan fingerprint density at radius 2 is 1.80 bits per heavy atom. The second-order valence-electron chi connectivity index (χ2n) is 3.89. The topological polar surface area (TPSA) is 57.5 Å². The molecule has 0 amide bonds. The normalized spacial score (nSPS) is 18.3. The van der Waals surface area contributed by atoms with E-state index in [2.05, 4.69) is 0 Å². The summed E-state index contributed by atoms with van der Waals surface area (Å²) in [6.45, 7) is 2.51. The standard InChI is InChI=1S/C9H15F3O3/c1-6(7(13)14)8(2,15)4-3-5-9(10,11)12/h6,15H,3-5H2,1-2H3,(H,13,14). The predicted octanol–water partition coefficient (Wildman–Crippen LogP) is 2.19. The third kappa shape index (κ3) is 5.61. The van der Waals surface area contributed by atoms with Crippen molar-refractivity contribution < 1.29 is 28.2 Å². The number of aliphatic hydroxyl groups is 1.